The molecular weight excluding hydrogens is 389 g/mol. The molecule has 0 N–H and O–H groups in total. The molecule has 3 aromatic rings. The number of benzene rings is 1. The summed E-state index contributed by atoms with van der Waals surface area (Å²) in [6.07, 6.45) is 4.61. The largest absolute Gasteiger partial charge is 0.374 e. The van der Waals surface area contributed by atoms with Gasteiger partial charge in [0.2, 0.25) is 0 Å². The highest BCUT2D eigenvalue weighted by atomic mass is 19.1. The fourth-order valence-corrected chi connectivity index (χ4v) is 4.11. The van der Waals surface area contributed by atoms with Gasteiger partial charge in [-0.1, -0.05) is 0 Å². The number of hydrogen-bond acceptors (Lipinski definition) is 6. The molecule has 0 atom stereocenters. The molecule has 2 aromatic heterocycles. The van der Waals surface area contributed by atoms with Crippen LogP contribution in [0.3, 0.4) is 0 Å². The third-order valence-corrected chi connectivity index (χ3v) is 5.38. The van der Waals surface area contributed by atoms with Crippen LogP contribution >= 0.6 is 0 Å². The molecule has 0 unspecified atom stereocenters. The number of aromatic nitrogens is 2. The summed E-state index contributed by atoms with van der Waals surface area (Å²) >= 11 is 0. The molecular formula is C21H16FN5O3. The molecule has 4 heterocycles. The third-order valence-electron chi connectivity index (χ3n) is 5.38. The number of hydrogen-bond donors (Lipinski definition) is 0. The average molecular weight is 405 g/mol. The number of anilines is 2. The molecule has 8 nitrogen and oxygen atoms in total. The number of pyridine rings is 2. The second-order valence-electron chi connectivity index (χ2n) is 7.37. The van der Waals surface area contributed by atoms with Crippen LogP contribution in [0.2, 0.25) is 0 Å². The Bertz CT molecular complexity index is 1410. The van der Waals surface area contributed by atoms with E-state index in [-0.39, 0.29) is 11.2 Å². The Labute approximate surface area is 169 Å². The molecule has 30 heavy (non-hydrogen) atoms. The van der Waals surface area contributed by atoms with Crippen molar-refractivity contribution in [2.24, 2.45) is 7.05 Å². The Morgan fingerprint density at radius 1 is 1.17 bits per heavy atom. The number of nitro groups is 1. The van der Waals surface area contributed by atoms with Crippen LogP contribution < -0.4 is 20.9 Å². The smallest absolute Gasteiger partial charge is 0.270 e. The van der Waals surface area contributed by atoms with E-state index in [4.69, 9.17) is 0 Å². The molecule has 2 aliphatic heterocycles. The van der Waals surface area contributed by atoms with Gasteiger partial charge >= 0.3 is 0 Å². The third kappa shape index (κ3) is 2.52. The number of aryl methyl sites for hydroxylation is 1. The summed E-state index contributed by atoms with van der Waals surface area (Å²) in [5.41, 5.74) is 2.63. The molecule has 0 aliphatic carbocycles. The van der Waals surface area contributed by atoms with E-state index in [2.05, 4.69) is 4.98 Å². The molecule has 0 saturated carbocycles. The number of halogens is 1. The van der Waals surface area contributed by atoms with E-state index in [1.54, 1.807) is 31.6 Å². The maximum absolute atomic E-state index is 13.5. The number of rotatable bonds is 2. The van der Waals surface area contributed by atoms with Crippen LogP contribution in [0, 0.1) is 15.9 Å². The van der Waals surface area contributed by atoms with Crippen LogP contribution in [0.5, 0.6) is 0 Å². The zero-order valence-electron chi connectivity index (χ0n) is 16.2. The highest BCUT2D eigenvalue weighted by molar-refractivity contribution is 5.95. The van der Waals surface area contributed by atoms with E-state index in [9.17, 15) is 19.3 Å². The van der Waals surface area contributed by atoms with E-state index in [1.807, 2.05) is 16.8 Å². The van der Waals surface area contributed by atoms with Crippen molar-refractivity contribution >= 4 is 29.1 Å². The average Bonchev–Trinajstić information content (AvgIpc) is 2.72. The second-order valence-corrected chi connectivity index (χ2v) is 7.37. The zero-order valence-corrected chi connectivity index (χ0v) is 16.2. The predicted molar refractivity (Wildman–Crippen MR) is 110 cm³/mol. The monoisotopic (exact) mass is 405 g/mol. The van der Waals surface area contributed by atoms with Gasteiger partial charge < -0.3 is 9.47 Å². The first kappa shape index (κ1) is 18.0. The number of likely N-dealkylation sites (N-methyl/N-ethyl adjacent to an activating group) is 1. The van der Waals surface area contributed by atoms with Crippen molar-refractivity contribution in [1.82, 2.24) is 14.5 Å². The van der Waals surface area contributed by atoms with Gasteiger partial charge in [-0.2, -0.15) is 0 Å². The fourth-order valence-electron chi connectivity index (χ4n) is 4.11. The van der Waals surface area contributed by atoms with Crippen molar-refractivity contribution in [3.63, 3.8) is 0 Å². The van der Waals surface area contributed by atoms with Gasteiger partial charge in [0.1, 0.15) is 11.6 Å². The Kier molecular flexibility index (Phi) is 3.76. The maximum Gasteiger partial charge on any atom is 0.270 e. The molecule has 0 amide bonds. The Balaban J connectivity index is 1.96. The Morgan fingerprint density at radius 3 is 2.67 bits per heavy atom. The van der Waals surface area contributed by atoms with Crippen molar-refractivity contribution in [1.29, 1.82) is 0 Å². The number of fused-ring (bicyclic) bond motifs is 2. The lowest BCUT2D eigenvalue weighted by Crippen LogP contribution is -2.53. The van der Waals surface area contributed by atoms with Gasteiger partial charge in [0.05, 0.1) is 34.3 Å². The van der Waals surface area contributed by atoms with E-state index in [0.717, 1.165) is 22.7 Å². The number of non-ortho nitro benzene ring substituents is 1. The first-order valence-electron chi connectivity index (χ1n) is 9.20. The van der Waals surface area contributed by atoms with Crippen molar-refractivity contribution in [3.8, 4) is 11.1 Å². The van der Waals surface area contributed by atoms with Crippen LogP contribution in [0.1, 0.15) is 0 Å². The summed E-state index contributed by atoms with van der Waals surface area (Å²) in [6, 6.07) is 7.46. The van der Waals surface area contributed by atoms with E-state index >= 15 is 0 Å². The van der Waals surface area contributed by atoms with Crippen LogP contribution in [0.4, 0.5) is 21.6 Å². The van der Waals surface area contributed by atoms with Gasteiger partial charge in [0.15, 0.2) is 0 Å². The van der Waals surface area contributed by atoms with Crippen molar-refractivity contribution < 1.29 is 9.31 Å². The minimum absolute atomic E-state index is 0.0521. The van der Waals surface area contributed by atoms with Gasteiger partial charge in [-0.05, 0) is 18.2 Å². The van der Waals surface area contributed by atoms with Gasteiger partial charge in [0.25, 0.3) is 11.2 Å². The lowest BCUT2D eigenvalue weighted by atomic mass is 9.94. The van der Waals surface area contributed by atoms with Crippen LogP contribution in [0.25, 0.3) is 23.0 Å². The summed E-state index contributed by atoms with van der Waals surface area (Å²) in [4.78, 5) is 31.8. The van der Waals surface area contributed by atoms with Crippen LogP contribution in [0.15, 0.2) is 47.5 Å². The molecule has 0 spiro atoms. The topological polar surface area (TPSA) is 84.5 Å². The minimum atomic E-state index is -0.464. The molecule has 0 bridgehead atoms. The first-order valence-corrected chi connectivity index (χ1v) is 9.20. The highest BCUT2D eigenvalue weighted by Crippen LogP contribution is 2.41. The van der Waals surface area contributed by atoms with E-state index in [0.29, 0.717) is 28.8 Å². The van der Waals surface area contributed by atoms with Crippen molar-refractivity contribution in [2.45, 2.75) is 0 Å². The molecule has 0 saturated heterocycles. The van der Waals surface area contributed by atoms with Gasteiger partial charge in [-0.25, -0.2) is 9.37 Å². The predicted octanol–water partition coefficient (Wildman–Crippen LogP) is 1.44. The number of nitrogens with zero attached hydrogens (tertiary/aromatic N) is 5. The molecule has 0 radical (unpaired) electrons. The Morgan fingerprint density at radius 2 is 1.97 bits per heavy atom. The summed E-state index contributed by atoms with van der Waals surface area (Å²) in [5, 5.41) is 12.6. The van der Waals surface area contributed by atoms with Crippen molar-refractivity contribution in [2.75, 3.05) is 18.5 Å². The Hall–Kier alpha value is -4.01. The molecule has 0 fully saturated rings. The summed E-state index contributed by atoms with van der Waals surface area (Å²) in [6.45, 7) is 0.489. The highest BCUT2D eigenvalue weighted by Gasteiger charge is 2.31. The van der Waals surface area contributed by atoms with Gasteiger partial charge in [-0.3, -0.25) is 19.8 Å². The lowest BCUT2D eigenvalue weighted by molar-refractivity contribution is -0.384. The SMILES string of the molecule is CN1C=c2c3c(cn(C)c2=O)-c2cc([N+](=O)[O-])ccc2N(c2ccc(F)cn2)C=3C1. The van der Waals surface area contributed by atoms with E-state index in [1.165, 1.54) is 22.8 Å². The maximum atomic E-state index is 13.5. The minimum Gasteiger partial charge on any atom is -0.374 e. The molecule has 5 rings (SSSR count). The summed E-state index contributed by atoms with van der Waals surface area (Å²) < 4.78 is 15.0. The molecule has 2 aliphatic rings. The lowest BCUT2D eigenvalue weighted by Gasteiger charge is -2.36. The molecule has 9 heteroatoms. The van der Waals surface area contributed by atoms with Gasteiger partial charge in [-0.15, -0.1) is 0 Å². The first-order chi connectivity index (χ1) is 14.3. The normalized spacial score (nSPS) is 14.2. The van der Waals surface area contributed by atoms with E-state index < -0.39 is 10.7 Å². The van der Waals surface area contributed by atoms with Crippen molar-refractivity contribution in [3.05, 3.63) is 79.4 Å². The fraction of sp³-hybridized carbons (Fsp3) is 0.143. The molecule has 150 valence electrons. The summed E-state index contributed by atoms with van der Waals surface area (Å²) in [5.74, 6) is 0.00261. The summed E-state index contributed by atoms with van der Waals surface area (Å²) in [7, 11) is 3.52. The quantitative estimate of drug-likeness (QED) is 0.474. The van der Waals surface area contributed by atoms with Gasteiger partial charge in [0, 0.05) is 55.0 Å². The van der Waals surface area contributed by atoms with Crippen LogP contribution in [-0.2, 0) is 7.05 Å². The second kappa shape index (κ2) is 6.24. The zero-order chi connectivity index (χ0) is 21.2. The number of nitro benzene ring substituents is 1. The van der Waals surface area contributed by atoms with Crippen LogP contribution in [-0.4, -0.2) is 33.0 Å². The molecule has 1 aromatic carbocycles. The standard InChI is InChI=1S/C21H16FN5O3/c1-24-9-16-20-15(10-25(2)21(16)28)14-7-13(27(29)30)4-5-17(14)26(18(20)11-24)19-6-3-12(22)8-23-19/h3-10H,11H2,1-2H3.